The molecule has 104 valence electrons. The van der Waals surface area contributed by atoms with E-state index < -0.39 is 22.7 Å². The minimum Gasteiger partial charge on any atom is -0.463 e. The van der Waals surface area contributed by atoms with Crippen LogP contribution < -0.4 is 0 Å². The number of esters is 1. The lowest BCUT2D eigenvalue weighted by Crippen LogP contribution is -2.15. The molecule has 0 heterocycles. The molecule has 1 rings (SSSR count). The lowest BCUT2D eigenvalue weighted by Gasteiger charge is -2.07. The predicted molar refractivity (Wildman–Crippen MR) is 70.1 cm³/mol. The summed E-state index contributed by atoms with van der Waals surface area (Å²) in [5.74, 6) is -0.665. The van der Waals surface area contributed by atoms with Gasteiger partial charge in [-0.25, -0.2) is 4.79 Å². The van der Waals surface area contributed by atoms with E-state index in [1.807, 2.05) is 6.92 Å². The van der Waals surface area contributed by atoms with E-state index in [4.69, 9.17) is 4.18 Å². The summed E-state index contributed by atoms with van der Waals surface area (Å²) >= 11 is 0. The Bertz CT molecular complexity index is 557. The summed E-state index contributed by atoms with van der Waals surface area (Å²) < 4.78 is 33.1. The van der Waals surface area contributed by atoms with Crippen molar-refractivity contribution in [1.82, 2.24) is 0 Å². The van der Waals surface area contributed by atoms with Gasteiger partial charge in [-0.15, -0.1) is 0 Å². The van der Waals surface area contributed by atoms with Gasteiger partial charge in [0.1, 0.15) is 0 Å². The van der Waals surface area contributed by atoms with E-state index in [1.54, 1.807) is 19.1 Å². The summed E-state index contributed by atoms with van der Waals surface area (Å²) in [6.07, 6.45) is 0. The van der Waals surface area contributed by atoms with Gasteiger partial charge in [0.15, 0.2) is 0 Å². The number of benzene rings is 1. The molecule has 0 bridgehead atoms. The van der Waals surface area contributed by atoms with E-state index in [2.05, 4.69) is 11.3 Å². The van der Waals surface area contributed by atoms with Crippen molar-refractivity contribution in [1.29, 1.82) is 0 Å². The van der Waals surface area contributed by atoms with Gasteiger partial charge in [0.25, 0.3) is 10.1 Å². The molecule has 0 aliphatic rings. The third-order valence-corrected chi connectivity index (χ3v) is 3.54. The quantitative estimate of drug-likeness (QED) is 0.453. The lowest BCUT2D eigenvalue weighted by molar-refractivity contribution is -0.138. The Kier molecular flexibility index (Phi) is 5.26. The monoisotopic (exact) mass is 284 g/mol. The van der Waals surface area contributed by atoms with Crippen LogP contribution in [0.1, 0.15) is 12.5 Å². The number of hydrogen-bond donors (Lipinski definition) is 0. The van der Waals surface area contributed by atoms with Crippen LogP contribution in [0.4, 0.5) is 0 Å². The highest BCUT2D eigenvalue weighted by molar-refractivity contribution is 7.86. The van der Waals surface area contributed by atoms with Crippen LogP contribution in [0.3, 0.4) is 0 Å². The molecule has 0 saturated carbocycles. The van der Waals surface area contributed by atoms with E-state index in [1.165, 1.54) is 12.1 Å². The van der Waals surface area contributed by atoms with Crippen molar-refractivity contribution in [3.05, 3.63) is 42.0 Å². The van der Waals surface area contributed by atoms with Crippen molar-refractivity contribution in [3.63, 3.8) is 0 Å². The average molecular weight is 284 g/mol. The van der Waals surface area contributed by atoms with Gasteiger partial charge in [-0.05, 0) is 26.0 Å². The topological polar surface area (TPSA) is 69.7 Å². The SMILES string of the molecule is C=C(COS(=O)(=O)c1ccc(C)cc1)C(=O)OCC. The fraction of sp³-hybridized carbons (Fsp3) is 0.308. The average Bonchev–Trinajstić information content (AvgIpc) is 2.37. The molecule has 0 aliphatic carbocycles. The fourth-order valence-electron chi connectivity index (χ4n) is 1.21. The largest absolute Gasteiger partial charge is 0.463 e. The first-order valence-electron chi connectivity index (χ1n) is 5.68. The van der Waals surface area contributed by atoms with E-state index >= 15 is 0 Å². The zero-order chi connectivity index (χ0) is 14.5. The lowest BCUT2D eigenvalue weighted by atomic mass is 10.2. The third-order valence-electron chi connectivity index (χ3n) is 2.26. The summed E-state index contributed by atoms with van der Waals surface area (Å²) in [6.45, 7) is 6.69. The molecule has 0 saturated heterocycles. The van der Waals surface area contributed by atoms with E-state index in [-0.39, 0.29) is 17.1 Å². The predicted octanol–water partition coefficient (Wildman–Crippen LogP) is 1.82. The first-order valence-corrected chi connectivity index (χ1v) is 7.08. The van der Waals surface area contributed by atoms with Crippen molar-refractivity contribution in [2.24, 2.45) is 0 Å². The molecule has 0 spiro atoms. The summed E-state index contributed by atoms with van der Waals surface area (Å²) in [6, 6.07) is 6.21. The molecule has 0 fully saturated rings. The Hall–Kier alpha value is -1.66. The first-order chi connectivity index (χ1) is 8.86. The van der Waals surface area contributed by atoms with Crippen LogP contribution in [0.5, 0.6) is 0 Å². The second-order valence-electron chi connectivity index (χ2n) is 3.85. The molecular formula is C13H16O5S. The molecule has 0 amide bonds. The first kappa shape index (κ1) is 15.4. The van der Waals surface area contributed by atoms with Gasteiger partial charge in [0.2, 0.25) is 0 Å². The molecular weight excluding hydrogens is 268 g/mol. The van der Waals surface area contributed by atoms with Gasteiger partial charge < -0.3 is 4.74 Å². The maximum atomic E-state index is 11.8. The highest BCUT2D eigenvalue weighted by atomic mass is 32.2. The molecule has 0 N–H and O–H groups in total. The maximum absolute atomic E-state index is 11.8. The zero-order valence-corrected chi connectivity index (χ0v) is 11.7. The van der Waals surface area contributed by atoms with Crippen LogP contribution in [0.15, 0.2) is 41.3 Å². The van der Waals surface area contributed by atoms with Crippen molar-refractivity contribution in [2.45, 2.75) is 18.7 Å². The highest BCUT2D eigenvalue weighted by Gasteiger charge is 2.17. The molecule has 0 aliphatic heterocycles. The molecule has 19 heavy (non-hydrogen) atoms. The number of carbonyl (C=O) groups excluding carboxylic acids is 1. The van der Waals surface area contributed by atoms with Gasteiger partial charge in [0, 0.05) is 0 Å². The fourth-order valence-corrected chi connectivity index (χ4v) is 2.12. The summed E-state index contributed by atoms with van der Waals surface area (Å²) in [5, 5.41) is 0. The van der Waals surface area contributed by atoms with Gasteiger partial charge in [-0.1, -0.05) is 24.3 Å². The Morgan fingerprint density at radius 1 is 1.26 bits per heavy atom. The number of ether oxygens (including phenoxy) is 1. The van der Waals surface area contributed by atoms with Crippen molar-refractivity contribution in [2.75, 3.05) is 13.2 Å². The van der Waals surface area contributed by atoms with E-state index in [9.17, 15) is 13.2 Å². The normalized spacial score (nSPS) is 11.1. The smallest absolute Gasteiger partial charge is 0.335 e. The maximum Gasteiger partial charge on any atom is 0.335 e. The van der Waals surface area contributed by atoms with Crippen LogP contribution in [0.25, 0.3) is 0 Å². The van der Waals surface area contributed by atoms with E-state index in [0.29, 0.717) is 0 Å². The van der Waals surface area contributed by atoms with Gasteiger partial charge in [-0.3, -0.25) is 4.18 Å². The minimum absolute atomic E-state index is 0.0368. The molecule has 0 atom stereocenters. The van der Waals surface area contributed by atoms with Crippen molar-refractivity contribution >= 4 is 16.1 Å². The van der Waals surface area contributed by atoms with E-state index in [0.717, 1.165) is 5.56 Å². The highest BCUT2D eigenvalue weighted by Crippen LogP contribution is 2.14. The van der Waals surface area contributed by atoms with Crippen LogP contribution in [-0.4, -0.2) is 27.6 Å². The molecule has 1 aromatic rings. The summed E-state index contributed by atoms with van der Waals surface area (Å²) in [4.78, 5) is 11.3. The third kappa shape index (κ3) is 4.50. The molecule has 1 aromatic carbocycles. The Balaban J connectivity index is 2.68. The van der Waals surface area contributed by atoms with Crippen LogP contribution in [0, 0.1) is 6.92 Å². The number of carbonyl (C=O) groups is 1. The summed E-state index contributed by atoms with van der Waals surface area (Å²) in [5.41, 5.74) is 0.896. The Morgan fingerprint density at radius 3 is 2.37 bits per heavy atom. The van der Waals surface area contributed by atoms with Crippen LogP contribution >= 0.6 is 0 Å². The molecule has 0 radical (unpaired) electrons. The van der Waals surface area contributed by atoms with Crippen molar-refractivity contribution < 1.29 is 22.1 Å². The van der Waals surface area contributed by atoms with Gasteiger partial charge >= 0.3 is 5.97 Å². The molecule has 6 heteroatoms. The Labute approximate surface area is 113 Å². The second kappa shape index (κ2) is 6.49. The second-order valence-corrected chi connectivity index (χ2v) is 5.47. The molecule has 0 aromatic heterocycles. The number of aryl methyl sites for hydroxylation is 1. The minimum atomic E-state index is -3.89. The molecule has 5 nitrogen and oxygen atoms in total. The van der Waals surface area contributed by atoms with Crippen LogP contribution in [-0.2, 0) is 23.8 Å². The zero-order valence-electron chi connectivity index (χ0n) is 10.9. The summed E-state index contributed by atoms with van der Waals surface area (Å²) in [7, 11) is -3.89. The van der Waals surface area contributed by atoms with Gasteiger partial charge in [0.05, 0.1) is 23.7 Å². The standard InChI is InChI=1S/C13H16O5S/c1-4-17-13(14)11(3)9-18-19(15,16)12-7-5-10(2)6-8-12/h5-8H,3-4,9H2,1-2H3. The number of rotatable bonds is 6. The molecule has 0 unspecified atom stereocenters. The number of hydrogen-bond acceptors (Lipinski definition) is 5. The Morgan fingerprint density at radius 2 is 1.84 bits per heavy atom. The van der Waals surface area contributed by atoms with Crippen molar-refractivity contribution in [3.8, 4) is 0 Å². The van der Waals surface area contributed by atoms with Gasteiger partial charge in [-0.2, -0.15) is 8.42 Å². The van der Waals surface area contributed by atoms with Crippen LogP contribution in [0.2, 0.25) is 0 Å².